The minimum atomic E-state index is -3.82. The van der Waals surface area contributed by atoms with Gasteiger partial charge in [0.25, 0.3) is 10.0 Å². The fourth-order valence-corrected chi connectivity index (χ4v) is 3.14. The lowest BCUT2D eigenvalue weighted by Crippen LogP contribution is -2.14. The molecule has 0 bridgehead atoms. The SMILES string of the molecule is Cc1ccc(CO)cc1S(=O)(=O)Nc1cccc(F)c1. The average molecular weight is 295 g/mol. The van der Waals surface area contributed by atoms with Gasteiger partial charge >= 0.3 is 0 Å². The fourth-order valence-electron chi connectivity index (χ4n) is 1.79. The molecular formula is C14H14FNO3S. The molecule has 20 heavy (non-hydrogen) atoms. The molecule has 0 amide bonds. The van der Waals surface area contributed by atoms with Gasteiger partial charge in [0.2, 0.25) is 0 Å². The number of aliphatic hydroxyl groups excluding tert-OH is 1. The molecule has 0 spiro atoms. The second-order valence-corrected chi connectivity index (χ2v) is 6.02. The summed E-state index contributed by atoms with van der Waals surface area (Å²) in [6.45, 7) is 1.41. The Morgan fingerprint density at radius 2 is 1.95 bits per heavy atom. The van der Waals surface area contributed by atoms with E-state index in [9.17, 15) is 12.8 Å². The molecule has 4 nitrogen and oxygen atoms in total. The number of aliphatic hydroxyl groups is 1. The van der Waals surface area contributed by atoms with Crippen molar-refractivity contribution in [1.82, 2.24) is 0 Å². The summed E-state index contributed by atoms with van der Waals surface area (Å²) < 4.78 is 40.0. The van der Waals surface area contributed by atoms with E-state index in [4.69, 9.17) is 5.11 Å². The van der Waals surface area contributed by atoms with Crippen LogP contribution in [0.3, 0.4) is 0 Å². The van der Waals surface area contributed by atoms with Crippen molar-refractivity contribution in [2.24, 2.45) is 0 Å². The van der Waals surface area contributed by atoms with Crippen LogP contribution < -0.4 is 4.72 Å². The van der Waals surface area contributed by atoms with Crippen LogP contribution in [-0.2, 0) is 16.6 Å². The van der Waals surface area contributed by atoms with E-state index < -0.39 is 15.8 Å². The lowest BCUT2D eigenvalue weighted by Gasteiger charge is -2.11. The highest BCUT2D eigenvalue weighted by molar-refractivity contribution is 7.92. The minimum Gasteiger partial charge on any atom is -0.392 e. The number of halogens is 1. The zero-order valence-electron chi connectivity index (χ0n) is 10.8. The lowest BCUT2D eigenvalue weighted by atomic mass is 10.2. The maximum Gasteiger partial charge on any atom is 0.262 e. The number of sulfonamides is 1. The number of hydrogen-bond acceptors (Lipinski definition) is 3. The highest BCUT2D eigenvalue weighted by atomic mass is 32.2. The molecule has 106 valence electrons. The predicted octanol–water partition coefficient (Wildman–Crippen LogP) is 2.43. The normalized spacial score (nSPS) is 11.3. The minimum absolute atomic E-state index is 0.0633. The Bertz CT molecular complexity index is 729. The van der Waals surface area contributed by atoms with Crippen LogP contribution in [0.5, 0.6) is 0 Å². The van der Waals surface area contributed by atoms with Gasteiger partial charge in [0.05, 0.1) is 17.2 Å². The van der Waals surface area contributed by atoms with Crippen LogP contribution in [0.15, 0.2) is 47.4 Å². The summed E-state index contributed by atoms with van der Waals surface area (Å²) in [6.07, 6.45) is 0. The molecule has 2 N–H and O–H groups in total. The molecule has 6 heteroatoms. The van der Waals surface area contributed by atoms with E-state index in [0.717, 1.165) is 6.07 Å². The third-order valence-corrected chi connectivity index (χ3v) is 4.32. The maximum atomic E-state index is 13.1. The number of nitrogens with one attached hydrogen (secondary N) is 1. The smallest absolute Gasteiger partial charge is 0.262 e. The van der Waals surface area contributed by atoms with Crippen molar-refractivity contribution in [3.63, 3.8) is 0 Å². The van der Waals surface area contributed by atoms with Crippen LogP contribution in [0.1, 0.15) is 11.1 Å². The van der Waals surface area contributed by atoms with Gasteiger partial charge in [-0.15, -0.1) is 0 Å². The molecule has 0 aromatic heterocycles. The van der Waals surface area contributed by atoms with Crippen LogP contribution in [0.4, 0.5) is 10.1 Å². The van der Waals surface area contributed by atoms with Gasteiger partial charge in [-0.2, -0.15) is 0 Å². The van der Waals surface area contributed by atoms with E-state index in [2.05, 4.69) is 4.72 Å². The van der Waals surface area contributed by atoms with E-state index in [1.54, 1.807) is 19.1 Å². The Labute approximate surface area is 116 Å². The molecule has 0 unspecified atom stereocenters. The summed E-state index contributed by atoms with van der Waals surface area (Å²) in [5.74, 6) is -0.522. The van der Waals surface area contributed by atoms with Crippen molar-refractivity contribution in [3.05, 3.63) is 59.4 Å². The molecule has 0 saturated carbocycles. The van der Waals surface area contributed by atoms with Gasteiger partial charge in [-0.1, -0.05) is 18.2 Å². The molecule has 0 radical (unpaired) electrons. The first-order chi connectivity index (χ1) is 9.42. The number of aryl methyl sites for hydroxylation is 1. The third-order valence-electron chi connectivity index (χ3n) is 2.80. The largest absolute Gasteiger partial charge is 0.392 e. The number of anilines is 1. The summed E-state index contributed by atoms with van der Waals surface area (Å²) in [7, 11) is -3.82. The topological polar surface area (TPSA) is 66.4 Å². The van der Waals surface area contributed by atoms with Crippen molar-refractivity contribution in [2.45, 2.75) is 18.4 Å². The van der Waals surface area contributed by atoms with Crippen LogP contribution in [0, 0.1) is 12.7 Å². The Hall–Kier alpha value is -1.92. The molecule has 0 heterocycles. The van der Waals surface area contributed by atoms with Gasteiger partial charge in [0, 0.05) is 0 Å². The highest BCUT2D eigenvalue weighted by Crippen LogP contribution is 2.21. The molecule has 0 aliphatic rings. The van der Waals surface area contributed by atoms with Gasteiger partial charge in [-0.3, -0.25) is 4.72 Å². The first kappa shape index (κ1) is 14.5. The summed E-state index contributed by atoms with van der Waals surface area (Å²) >= 11 is 0. The third kappa shape index (κ3) is 3.15. The summed E-state index contributed by atoms with van der Waals surface area (Å²) in [4.78, 5) is 0.0633. The van der Waals surface area contributed by atoms with Gasteiger partial charge in [-0.05, 0) is 42.3 Å². The maximum absolute atomic E-state index is 13.1. The molecule has 0 atom stereocenters. The molecule has 0 fully saturated rings. The van der Waals surface area contributed by atoms with E-state index in [1.807, 2.05) is 0 Å². The molecular weight excluding hydrogens is 281 g/mol. The van der Waals surface area contributed by atoms with Crippen LogP contribution in [0.25, 0.3) is 0 Å². The van der Waals surface area contributed by atoms with E-state index in [0.29, 0.717) is 11.1 Å². The fraction of sp³-hybridized carbons (Fsp3) is 0.143. The number of benzene rings is 2. The first-order valence-corrected chi connectivity index (χ1v) is 7.39. The Morgan fingerprint density at radius 1 is 1.20 bits per heavy atom. The van der Waals surface area contributed by atoms with Crippen molar-refractivity contribution in [3.8, 4) is 0 Å². The first-order valence-electron chi connectivity index (χ1n) is 5.91. The average Bonchev–Trinajstić information content (AvgIpc) is 2.38. The molecule has 2 aromatic carbocycles. The number of rotatable bonds is 4. The zero-order chi connectivity index (χ0) is 14.8. The monoisotopic (exact) mass is 295 g/mol. The van der Waals surface area contributed by atoms with Gasteiger partial charge < -0.3 is 5.11 Å². The molecule has 0 saturated heterocycles. The zero-order valence-corrected chi connectivity index (χ0v) is 11.6. The summed E-state index contributed by atoms with van der Waals surface area (Å²) in [5, 5.41) is 9.08. The van der Waals surface area contributed by atoms with Crippen molar-refractivity contribution >= 4 is 15.7 Å². The quantitative estimate of drug-likeness (QED) is 0.910. The molecule has 0 aliphatic carbocycles. The molecule has 2 aromatic rings. The van der Waals surface area contributed by atoms with Crippen molar-refractivity contribution < 1.29 is 17.9 Å². The van der Waals surface area contributed by atoms with Crippen molar-refractivity contribution in [1.29, 1.82) is 0 Å². The standard InChI is InChI=1S/C14H14FNO3S/c1-10-5-6-11(9-17)7-14(10)20(18,19)16-13-4-2-3-12(15)8-13/h2-8,16-17H,9H2,1H3. The van der Waals surface area contributed by atoms with Crippen molar-refractivity contribution in [2.75, 3.05) is 4.72 Å². The van der Waals surface area contributed by atoms with E-state index in [-0.39, 0.29) is 17.2 Å². The van der Waals surface area contributed by atoms with Crippen LogP contribution >= 0.6 is 0 Å². The summed E-state index contributed by atoms with van der Waals surface area (Å²) in [6, 6.07) is 9.88. The molecule has 2 rings (SSSR count). The van der Waals surface area contributed by atoms with Gasteiger partial charge in [0.1, 0.15) is 5.82 Å². The predicted molar refractivity (Wildman–Crippen MR) is 74.3 cm³/mol. The number of hydrogen-bond donors (Lipinski definition) is 2. The lowest BCUT2D eigenvalue weighted by molar-refractivity contribution is 0.281. The second-order valence-electron chi connectivity index (χ2n) is 4.37. The Balaban J connectivity index is 2.40. The van der Waals surface area contributed by atoms with Crippen LogP contribution in [-0.4, -0.2) is 13.5 Å². The van der Waals surface area contributed by atoms with Gasteiger partial charge in [0.15, 0.2) is 0 Å². The Morgan fingerprint density at radius 3 is 2.60 bits per heavy atom. The highest BCUT2D eigenvalue weighted by Gasteiger charge is 2.17. The van der Waals surface area contributed by atoms with Gasteiger partial charge in [-0.25, -0.2) is 12.8 Å². The second kappa shape index (κ2) is 5.60. The Kier molecular flexibility index (Phi) is 4.06. The van der Waals surface area contributed by atoms with Crippen LogP contribution in [0.2, 0.25) is 0 Å². The van der Waals surface area contributed by atoms with E-state index >= 15 is 0 Å². The van der Waals surface area contributed by atoms with E-state index in [1.165, 1.54) is 24.3 Å². The summed E-state index contributed by atoms with van der Waals surface area (Å²) in [5.41, 5.74) is 1.19. The molecule has 0 aliphatic heterocycles.